The number of carbonyl (C=O) groups is 7. The predicted octanol–water partition coefficient (Wildman–Crippen LogP) is 11.3. The van der Waals surface area contributed by atoms with Crippen molar-refractivity contribution in [2.45, 2.75) is 125 Å². The molecular formula is C32H67Cl4N6O15Pt3-. The second-order valence-electron chi connectivity index (χ2n) is 8.93. The molecule has 0 aromatic carbocycles. The van der Waals surface area contributed by atoms with E-state index in [9.17, 15) is 28.8 Å². The van der Waals surface area contributed by atoms with Crippen LogP contribution >= 0.6 is 37.7 Å². The molecule has 17 N–H and O–H groups in total. The summed E-state index contributed by atoms with van der Waals surface area (Å²) in [6.07, 6.45) is 9.40. The standard InChI is InChI=1S/C6H7N.C6H12N.6C3H6O2.C2H4O3.4ClH.4H2N.3Pt/c1-6-4-2-3-5-7-6;7-6-4-2-1-3-5-6;6*1-2-3(4)5;3-1-2(4)5;;;;;;;;;;;/h2-5H,1H3;6-7H,1-5H2;6*2H2,1H3,(H,4,5);3H,1H2,(H,4,5);4*1H;4*1H2;;;/q;-1;;;;;;;;;;;;4*-1;2*+2;+4/p-4. The van der Waals surface area contributed by atoms with Gasteiger partial charge in [-0.25, -0.2) is 4.79 Å². The van der Waals surface area contributed by atoms with E-state index in [0.717, 1.165) is 18.5 Å². The molecule has 0 unspecified atom stereocenters. The van der Waals surface area contributed by atoms with Gasteiger partial charge in [-0.15, -0.1) is 6.04 Å². The van der Waals surface area contributed by atoms with Crippen LogP contribution in [0.2, 0.25) is 0 Å². The molecule has 1 aromatic rings. The number of halogens is 4. The maximum absolute atomic E-state index is 9.37. The normalized spacial score (nSPS) is 9.02. The average molecular weight is 1500 g/mol. The van der Waals surface area contributed by atoms with E-state index in [0.29, 0.717) is 0 Å². The minimum absolute atomic E-state index is 0. The Hall–Kier alpha value is -1.58. The molecule has 0 saturated heterocycles. The van der Waals surface area contributed by atoms with Crippen molar-refractivity contribution < 1.29 is 128 Å². The van der Waals surface area contributed by atoms with Crippen LogP contribution in [0, 0.1) is 6.92 Å². The number of hydrogen-bond acceptors (Lipinski definition) is 9. The number of aliphatic hydroxyl groups is 1. The molecule has 0 aliphatic heterocycles. The van der Waals surface area contributed by atoms with E-state index >= 15 is 0 Å². The third-order valence-corrected chi connectivity index (χ3v) is 4.37. The van der Waals surface area contributed by atoms with Gasteiger partial charge in [0, 0.05) is 50.4 Å². The number of nitrogens with two attached hydrogens (primary N) is 4. The van der Waals surface area contributed by atoms with E-state index < -0.39 is 81.4 Å². The summed E-state index contributed by atoms with van der Waals surface area (Å²) in [6, 6.07) is 6.14. The monoisotopic (exact) mass is 1500 g/mol. The quantitative estimate of drug-likeness (QED) is 0.126. The fourth-order valence-corrected chi connectivity index (χ4v) is 1.55. The molecule has 1 heterocycles. The molecular weight excluding hydrogens is 1440 g/mol. The Balaban J connectivity index is -0.0000000323. The van der Waals surface area contributed by atoms with E-state index in [1.807, 2.05) is 25.1 Å². The smallest absolute Gasteiger partial charge is 0.693 e. The Labute approximate surface area is 402 Å². The minimum atomic E-state index is -1.19. The zero-order chi connectivity index (χ0) is 45.6. The SMILES string of the molecule is CCC(=O)O.CCC(=O)O.CCC(=O)O.CCC(=O)O.CCC(=O)O.CCC(=O)O.Cc1ccccn1.O=C(O)CO.[Cl][Pt+2][Cl].[Cl][Pt][Cl].[NH-]C1CCCCC1.[NH2-].[NH2-].[NH2-].[NH2-].[Pt+2]. The topological polar surface area (TPSA) is 452 Å². The minimum Gasteiger partial charge on any atom is -0.693 e. The first-order chi connectivity index (χ1) is 25.5. The second kappa shape index (κ2) is 92.6. The third-order valence-electron chi connectivity index (χ3n) is 4.37. The fraction of sp³-hybridized carbons (Fsp3) is 0.625. The van der Waals surface area contributed by atoms with Crippen LogP contribution in [-0.2, 0) is 87.6 Å². The Morgan fingerprint density at radius 3 is 0.883 bits per heavy atom. The Bertz CT molecular complexity index is 882. The molecule has 28 heteroatoms. The molecule has 0 bridgehead atoms. The number of pyridine rings is 1. The van der Waals surface area contributed by atoms with Crippen LogP contribution in [0.1, 0.15) is 118 Å². The number of aliphatic carboxylic acids is 7. The van der Waals surface area contributed by atoms with Crippen molar-refractivity contribution >= 4 is 79.5 Å². The number of rotatable bonds is 7. The van der Waals surface area contributed by atoms with E-state index in [-0.39, 0.29) is 90.2 Å². The van der Waals surface area contributed by atoms with Crippen LogP contribution in [0.5, 0.6) is 0 Å². The number of nitrogens with zero attached hydrogens (tertiary/aromatic N) is 1. The Kier molecular flexibility index (Phi) is 151. The van der Waals surface area contributed by atoms with E-state index in [4.69, 9.17) is 89.1 Å². The molecule has 1 saturated carbocycles. The molecule has 1 aromatic heterocycles. The third kappa shape index (κ3) is 215. The molecule has 0 radical (unpaired) electrons. The largest absolute Gasteiger partial charge is 2.00 e. The van der Waals surface area contributed by atoms with E-state index in [1.54, 1.807) is 47.7 Å². The summed E-state index contributed by atoms with van der Waals surface area (Å²) >= 11 is -0.944. The van der Waals surface area contributed by atoms with Gasteiger partial charge in [0.15, 0.2) is 0 Å². The number of aliphatic hydroxyl groups excluding tert-OH is 1. The van der Waals surface area contributed by atoms with Crippen molar-refractivity contribution in [2.24, 2.45) is 0 Å². The van der Waals surface area contributed by atoms with Crippen molar-refractivity contribution in [3.63, 3.8) is 0 Å². The van der Waals surface area contributed by atoms with E-state index in [2.05, 4.69) is 4.98 Å². The molecule has 1 aliphatic carbocycles. The predicted molar refractivity (Wildman–Crippen MR) is 227 cm³/mol. The van der Waals surface area contributed by atoms with Crippen LogP contribution in [0.25, 0.3) is 30.3 Å². The van der Waals surface area contributed by atoms with Gasteiger partial charge in [-0.05, 0) is 19.1 Å². The zero-order valence-electron chi connectivity index (χ0n) is 34.5. The van der Waals surface area contributed by atoms with Crippen molar-refractivity contribution in [3.05, 3.63) is 60.4 Å². The van der Waals surface area contributed by atoms with Crippen molar-refractivity contribution in [1.82, 2.24) is 4.98 Å². The van der Waals surface area contributed by atoms with Crippen molar-refractivity contribution in [3.8, 4) is 0 Å². The summed E-state index contributed by atoms with van der Waals surface area (Å²) in [5, 5.41) is 61.3. The zero-order valence-corrected chi connectivity index (χ0v) is 44.4. The Morgan fingerprint density at radius 1 is 0.617 bits per heavy atom. The first kappa shape index (κ1) is 97.6. The fourth-order valence-electron chi connectivity index (χ4n) is 1.55. The van der Waals surface area contributed by atoms with E-state index in [1.165, 1.54) is 19.3 Å². The summed E-state index contributed by atoms with van der Waals surface area (Å²) in [5.41, 5.74) is 8.34. The van der Waals surface area contributed by atoms with Gasteiger partial charge in [0.25, 0.3) is 0 Å². The van der Waals surface area contributed by atoms with Gasteiger partial charge in [0.2, 0.25) is 0 Å². The van der Waals surface area contributed by atoms with Gasteiger partial charge >= 0.3 is 133 Å². The summed E-state index contributed by atoms with van der Waals surface area (Å²) in [4.78, 5) is 69.3. The first-order valence-corrected chi connectivity index (χ1v) is 27.1. The maximum Gasteiger partial charge on any atom is 2.00 e. The van der Waals surface area contributed by atoms with Crippen LogP contribution in [0.4, 0.5) is 0 Å². The van der Waals surface area contributed by atoms with Gasteiger partial charge in [-0.3, -0.25) is 33.8 Å². The van der Waals surface area contributed by atoms with Crippen molar-refractivity contribution in [2.75, 3.05) is 6.61 Å². The van der Waals surface area contributed by atoms with Crippen molar-refractivity contribution in [1.29, 1.82) is 0 Å². The summed E-state index contributed by atoms with van der Waals surface area (Å²) in [7, 11) is 19.5. The van der Waals surface area contributed by atoms with Crippen LogP contribution in [0.15, 0.2) is 24.4 Å². The maximum atomic E-state index is 9.37. The van der Waals surface area contributed by atoms with Gasteiger partial charge in [-0.2, -0.15) is 0 Å². The van der Waals surface area contributed by atoms with Crippen LogP contribution in [-0.4, -0.2) is 100 Å². The van der Waals surface area contributed by atoms with Gasteiger partial charge in [-0.1, -0.05) is 79.7 Å². The molecule has 0 spiro atoms. The van der Waals surface area contributed by atoms with Gasteiger partial charge < -0.3 is 71.2 Å². The second-order valence-corrected chi connectivity index (χ2v) is 15.5. The molecule has 0 atom stereocenters. The van der Waals surface area contributed by atoms with Crippen LogP contribution < -0.4 is 0 Å². The number of aromatic nitrogens is 1. The molecule has 1 fully saturated rings. The van der Waals surface area contributed by atoms with Gasteiger partial charge in [0.1, 0.15) is 6.61 Å². The number of aryl methyl sites for hydroxylation is 1. The van der Waals surface area contributed by atoms with Gasteiger partial charge in [0.05, 0.1) is 0 Å². The molecule has 0 amide bonds. The number of carboxylic acid groups (broad SMARTS) is 7. The summed E-state index contributed by atoms with van der Waals surface area (Å²) < 4.78 is 0. The number of carboxylic acids is 7. The first-order valence-electron chi connectivity index (χ1n) is 15.9. The average Bonchev–Trinajstić information content (AvgIpc) is 3.14. The number of nitrogens with one attached hydrogen (secondary N) is 1. The molecule has 60 heavy (non-hydrogen) atoms. The summed E-state index contributed by atoms with van der Waals surface area (Å²) in [6.45, 7) is 10.8. The molecule has 374 valence electrons. The Morgan fingerprint density at radius 2 is 0.817 bits per heavy atom. The number of hydrogen-bond donors (Lipinski definition) is 8. The van der Waals surface area contributed by atoms with Crippen LogP contribution in [0.3, 0.4) is 0 Å². The molecule has 1 aliphatic rings. The summed E-state index contributed by atoms with van der Waals surface area (Å²) in [5.74, 6) is -5.66. The molecule has 2 rings (SSSR count). The molecule has 21 nitrogen and oxygen atoms in total.